The summed E-state index contributed by atoms with van der Waals surface area (Å²) in [6.45, 7) is 4.14. The van der Waals surface area contributed by atoms with Crippen molar-refractivity contribution < 1.29 is 0 Å². The van der Waals surface area contributed by atoms with Crippen LogP contribution < -0.4 is 0 Å². The van der Waals surface area contributed by atoms with Gasteiger partial charge in [0.15, 0.2) is 0 Å². The summed E-state index contributed by atoms with van der Waals surface area (Å²) in [6, 6.07) is 10.2. The normalized spacial score (nSPS) is 15.9. The third kappa shape index (κ3) is 1.97. The van der Waals surface area contributed by atoms with Crippen LogP contribution in [-0.4, -0.2) is 0 Å². The molecule has 1 atom stereocenters. The lowest BCUT2D eigenvalue weighted by Crippen LogP contribution is -2.11. The van der Waals surface area contributed by atoms with E-state index in [4.69, 9.17) is 11.6 Å². The van der Waals surface area contributed by atoms with Crippen LogP contribution in [0.15, 0.2) is 30.3 Å². The van der Waals surface area contributed by atoms with Crippen LogP contribution in [0.5, 0.6) is 0 Å². The fourth-order valence-electron chi connectivity index (χ4n) is 0.990. The first-order chi connectivity index (χ1) is 5.17. The van der Waals surface area contributed by atoms with Gasteiger partial charge in [-0.05, 0) is 18.9 Å². The Kier molecular flexibility index (Phi) is 2.56. The zero-order valence-corrected chi connectivity index (χ0v) is 7.73. The summed E-state index contributed by atoms with van der Waals surface area (Å²) in [7, 11) is 0. The van der Waals surface area contributed by atoms with E-state index in [1.165, 1.54) is 5.56 Å². The summed E-state index contributed by atoms with van der Waals surface area (Å²) < 4.78 is 0. The summed E-state index contributed by atoms with van der Waals surface area (Å²) in [5, 5.41) is 0. The molecular weight excluding hydrogens is 156 g/mol. The molecule has 0 fully saturated rings. The smallest absolute Gasteiger partial charge is 0.0664 e. The van der Waals surface area contributed by atoms with E-state index in [9.17, 15) is 0 Å². The van der Waals surface area contributed by atoms with Crippen molar-refractivity contribution in [3.8, 4) is 0 Å². The fraction of sp³-hybridized carbons (Fsp3) is 0.400. The number of halogens is 1. The number of benzene rings is 1. The Balaban J connectivity index is 2.93. The molecule has 1 heteroatoms. The average Bonchev–Trinajstić information content (AvgIpc) is 2.06. The van der Waals surface area contributed by atoms with Crippen molar-refractivity contribution in [2.75, 3.05) is 0 Å². The Morgan fingerprint density at radius 1 is 1.27 bits per heavy atom. The van der Waals surface area contributed by atoms with Gasteiger partial charge in [-0.25, -0.2) is 0 Å². The minimum atomic E-state index is -0.193. The zero-order chi connectivity index (χ0) is 8.32. The van der Waals surface area contributed by atoms with E-state index in [0.717, 1.165) is 6.42 Å². The molecule has 1 rings (SSSR count). The van der Waals surface area contributed by atoms with Crippen molar-refractivity contribution in [2.24, 2.45) is 0 Å². The summed E-state index contributed by atoms with van der Waals surface area (Å²) in [4.78, 5) is -0.193. The van der Waals surface area contributed by atoms with Crippen LogP contribution in [0.25, 0.3) is 0 Å². The predicted octanol–water partition coefficient (Wildman–Crippen LogP) is 3.55. The molecule has 1 aromatic rings. The second kappa shape index (κ2) is 3.27. The van der Waals surface area contributed by atoms with E-state index in [2.05, 4.69) is 19.1 Å². The van der Waals surface area contributed by atoms with Gasteiger partial charge in [0.25, 0.3) is 0 Å². The third-order valence-electron chi connectivity index (χ3n) is 2.04. The van der Waals surface area contributed by atoms with E-state index in [-0.39, 0.29) is 4.87 Å². The molecule has 0 amide bonds. The SMILES string of the molecule is CC[C@@](C)(Cl)c1ccccc1. The van der Waals surface area contributed by atoms with Gasteiger partial charge in [0.2, 0.25) is 0 Å². The zero-order valence-electron chi connectivity index (χ0n) is 6.97. The molecule has 0 saturated heterocycles. The summed E-state index contributed by atoms with van der Waals surface area (Å²) >= 11 is 6.25. The van der Waals surface area contributed by atoms with E-state index in [1.807, 2.05) is 25.1 Å². The lowest BCUT2D eigenvalue weighted by molar-refractivity contribution is 0.650. The van der Waals surface area contributed by atoms with Crippen molar-refractivity contribution in [1.82, 2.24) is 0 Å². The summed E-state index contributed by atoms with van der Waals surface area (Å²) in [5.41, 5.74) is 1.20. The molecule has 0 saturated carbocycles. The Bertz CT molecular complexity index is 214. The van der Waals surface area contributed by atoms with Crippen molar-refractivity contribution in [2.45, 2.75) is 25.1 Å². The standard InChI is InChI=1S/C10H13Cl/c1-3-10(2,11)9-7-5-4-6-8-9/h4-8H,3H2,1-2H3/t10-/m1/s1. The lowest BCUT2D eigenvalue weighted by Gasteiger charge is -2.19. The van der Waals surface area contributed by atoms with Crippen molar-refractivity contribution in [3.63, 3.8) is 0 Å². The first-order valence-corrected chi connectivity index (χ1v) is 4.29. The second-order valence-corrected chi connectivity index (χ2v) is 3.75. The molecule has 0 unspecified atom stereocenters. The van der Waals surface area contributed by atoms with Crippen LogP contribution in [0.2, 0.25) is 0 Å². The van der Waals surface area contributed by atoms with Crippen LogP contribution in [0.4, 0.5) is 0 Å². The molecular formula is C10H13Cl. The minimum Gasteiger partial charge on any atom is -0.114 e. The topological polar surface area (TPSA) is 0 Å². The van der Waals surface area contributed by atoms with Gasteiger partial charge in [-0.3, -0.25) is 0 Å². The highest BCUT2D eigenvalue weighted by Crippen LogP contribution is 2.31. The highest BCUT2D eigenvalue weighted by atomic mass is 35.5. The Morgan fingerprint density at radius 3 is 2.27 bits per heavy atom. The molecule has 0 radical (unpaired) electrons. The highest BCUT2D eigenvalue weighted by Gasteiger charge is 2.19. The maximum Gasteiger partial charge on any atom is 0.0664 e. The lowest BCUT2D eigenvalue weighted by atomic mass is 9.98. The van der Waals surface area contributed by atoms with E-state index in [1.54, 1.807) is 0 Å². The number of rotatable bonds is 2. The Morgan fingerprint density at radius 2 is 1.82 bits per heavy atom. The van der Waals surface area contributed by atoms with Gasteiger partial charge in [-0.15, -0.1) is 11.6 Å². The van der Waals surface area contributed by atoms with Gasteiger partial charge in [-0.1, -0.05) is 37.3 Å². The molecule has 0 heterocycles. The van der Waals surface area contributed by atoms with Gasteiger partial charge in [-0.2, -0.15) is 0 Å². The minimum absolute atomic E-state index is 0.193. The quantitative estimate of drug-likeness (QED) is 0.593. The molecule has 0 spiro atoms. The molecule has 11 heavy (non-hydrogen) atoms. The van der Waals surface area contributed by atoms with Crippen LogP contribution in [0, 0.1) is 0 Å². The largest absolute Gasteiger partial charge is 0.114 e. The van der Waals surface area contributed by atoms with Crippen LogP contribution >= 0.6 is 11.6 Å². The van der Waals surface area contributed by atoms with Gasteiger partial charge in [0, 0.05) is 0 Å². The van der Waals surface area contributed by atoms with Crippen LogP contribution in [-0.2, 0) is 4.87 Å². The maximum atomic E-state index is 6.25. The van der Waals surface area contributed by atoms with E-state index in [0.29, 0.717) is 0 Å². The maximum absolute atomic E-state index is 6.25. The first kappa shape index (κ1) is 8.61. The van der Waals surface area contributed by atoms with Crippen molar-refractivity contribution in [3.05, 3.63) is 35.9 Å². The molecule has 0 N–H and O–H groups in total. The van der Waals surface area contributed by atoms with Crippen molar-refractivity contribution in [1.29, 1.82) is 0 Å². The van der Waals surface area contributed by atoms with Crippen LogP contribution in [0.3, 0.4) is 0 Å². The van der Waals surface area contributed by atoms with E-state index >= 15 is 0 Å². The fourth-order valence-corrected chi connectivity index (χ4v) is 1.12. The third-order valence-corrected chi connectivity index (χ3v) is 2.53. The van der Waals surface area contributed by atoms with Gasteiger partial charge in [0.05, 0.1) is 4.87 Å². The molecule has 0 aliphatic carbocycles. The average molecular weight is 169 g/mol. The molecule has 60 valence electrons. The monoisotopic (exact) mass is 168 g/mol. The van der Waals surface area contributed by atoms with Gasteiger partial charge >= 0.3 is 0 Å². The summed E-state index contributed by atoms with van der Waals surface area (Å²) in [6.07, 6.45) is 0.957. The molecule has 0 aromatic heterocycles. The van der Waals surface area contributed by atoms with Gasteiger partial charge in [0.1, 0.15) is 0 Å². The number of hydrogen-bond acceptors (Lipinski definition) is 0. The molecule has 0 nitrogen and oxygen atoms in total. The highest BCUT2D eigenvalue weighted by molar-refractivity contribution is 6.23. The Hall–Kier alpha value is -0.490. The molecule has 0 aliphatic rings. The van der Waals surface area contributed by atoms with Crippen LogP contribution in [0.1, 0.15) is 25.8 Å². The predicted molar refractivity (Wildman–Crippen MR) is 49.9 cm³/mol. The number of alkyl halides is 1. The second-order valence-electron chi connectivity index (χ2n) is 2.92. The van der Waals surface area contributed by atoms with E-state index < -0.39 is 0 Å². The molecule has 1 aromatic carbocycles. The first-order valence-electron chi connectivity index (χ1n) is 3.91. The molecule has 0 bridgehead atoms. The van der Waals surface area contributed by atoms with Gasteiger partial charge < -0.3 is 0 Å². The summed E-state index contributed by atoms with van der Waals surface area (Å²) in [5.74, 6) is 0. The van der Waals surface area contributed by atoms with Crippen molar-refractivity contribution >= 4 is 11.6 Å². The Labute approximate surface area is 73.2 Å². The number of hydrogen-bond donors (Lipinski definition) is 0. The molecule has 0 aliphatic heterocycles.